The zero-order chi connectivity index (χ0) is 12.8. The normalized spacial score (nSPS) is 13.0. The summed E-state index contributed by atoms with van der Waals surface area (Å²) < 4.78 is 9.61. The minimum absolute atomic E-state index is 0.150. The van der Waals surface area contributed by atoms with Gasteiger partial charge in [0.25, 0.3) is 0 Å². The van der Waals surface area contributed by atoms with Crippen LogP contribution in [-0.2, 0) is 14.3 Å². The zero-order valence-electron chi connectivity index (χ0n) is 10.2. The number of ether oxygens (including phenoxy) is 2. The predicted molar refractivity (Wildman–Crippen MR) is 58.5 cm³/mol. The van der Waals surface area contributed by atoms with Gasteiger partial charge in [0.15, 0.2) is 0 Å². The Balaban J connectivity index is 4.15. The van der Waals surface area contributed by atoms with Gasteiger partial charge < -0.3 is 20.5 Å². The SMILES string of the molecule is COCNC(=O)[C@H](C)CC(C)(C)OC(N)=O. The average Bonchev–Trinajstić information content (AvgIpc) is 2.10. The van der Waals surface area contributed by atoms with Crippen molar-refractivity contribution in [2.75, 3.05) is 13.8 Å². The smallest absolute Gasteiger partial charge is 0.405 e. The van der Waals surface area contributed by atoms with E-state index in [1.807, 2.05) is 0 Å². The summed E-state index contributed by atoms with van der Waals surface area (Å²) in [7, 11) is 1.49. The van der Waals surface area contributed by atoms with E-state index >= 15 is 0 Å². The van der Waals surface area contributed by atoms with Gasteiger partial charge in [-0.2, -0.15) is 0 Å². The second-order valence-electron chi connectivity index (χ2n) is 4.26. The van der Waals surface area contributed by atoms with Crippen molar-refractivity contribution in [2.24, 2.45) is 11.7 Å². The lowest BCUT2D eigenvalue weighted by Gasteiger charge is -2.26. The number of hydrogen-bond donors (Lipinski definition) is 2. The number of hydrogen-bond acceptors (Lipinski definition) is 4. The number of nitrogens with one attached hydrogen (secondary N) is 1. The fraction of sp³-hybridized carbons (Fsp3) is 0.800. The minimum Gasteiger partial charge on any atom is -0.444 e. The Labute approximate surface area is 95.5 Å². The van der Waals surface area contributed by atoms with Crippen LogP contribution in [0, 0.1) is 5.92 Å². The first-order valence-corrected chi connectivity index (χ1v) is 5.03. The maximum absolute atomic E-state index is 11.5. The van der Waals surface area contributed by atoms with Gasteiger partial charge in [-0.05, 0) is 20.3 Å². The highest BCUT2D eigenvalue weighted by molar-refractivity contribution is 5.78. The molecule has 0 aliphatic carbocycles. The summed E-state index contributed by atoms with van der Waals surface area (Å²) in [6.07, 6.45) is -0.444. The molecule has 0 spiro atoms. The van der Waals surface area contributed by atoms with Crippen molar-refractivity contribution in [2.45, 2.75) is 32.8 Å². The van der Waals surface area contributed by atoms with E-state index in [1.165, 1.54) is 7.11 Å². The summed E-state index contributed by atoms with van der Waals surface area (Å²) in [5.74, 6) is -0.438. The van der Waals surface area contributed by atoms with Gasteiger partial charge in [-0.15, -0.1) is 0 Å². The van der Waals surface area contributed by atoms with Gasteiger partial charge in [0.1, 0.15) is 12.3 Å². The van der Waals surface area contributed by atoms with Crippen molar-refractivity contribution in [3.05, 3.63) is 0 Å². The Morgan fingerprint density at radius 3 is 2.44 bits per heavy atom. The second-order valence-corrected chi connectivity index (χ2v) is 4.26. The predicted octanol–water partition coefficient (Wildman–Crippen LogP) is 0.607. The molecule has 0 saturated heterocycles. The fourth-order valence-corrected chi connectivity index (χ4v) is 1.46. The summed E-state index contributed by atoms with van der Waals surface area (Å²) in [5.41, 5.74) is 4.17. The molecule has 94 valence electrons. The quantitative estimate of drug-likeness (QED) is 0.656. The highest BCUT2D eigenvalue weighted by Crippen LogP contribution is 2.20. The van der Waals surface area contributed by atoms with Crippen molar-refractivity contribution in [1.29, 1.82) is 0 Å². The van der Waals surface area contributed by atoms with Crippen LogP contribution in [0.3, 0.4) is 0 Å². The van der Waals surface area contributed by atoms with Crippen molar-refractivity contribution >= 4 is 12.0 Å². The lowest BCUT2D eigenvalue weighted by atomic mass is 9.94. The minimum atomic E-state index is -0.838. The van der Waals surface area contributed by atoms with Crippen molar-refractivity contribution in [3.63, 3.8) is 0 Å². The van der Waals surface area contributed by atoms with E-state index in [1.54, 1.807) is 20.8 Å². The largest absolute Gasteiger partial charge is 0.444 e. The van der Waals surface area contributed by atoms with E-state index in [9.17, 15) is 9.59 Å². The first-order valence-electron chi connectivity index (χ1n) is 5.03. The molecule has 16 heavy (non-hydrogen) atoms. The maximum atomic E-state index is 11.5. The van der Waals surface area contributed by atoms with Crippen LogP contribution in [-0.4, -0.2) is 31.4 Å². The Hall–Kier alpha value is -1.30. The summed E-state index contributed by atoms with van der Waals surface area (Å²) >= 11 is 0. The molecule has 0 aromatic rings. The molecule has 0 fully saturated rings. The lowest BCUT2D eigenvalue weighted by molar-refractivity contribution is -0.127. The Bertz CT molecular complexity index is 253. The van der Waals surface area contributed by atoms with Gasteiger partial charge >= 0.3 is 6.09 Å². The molecule has 0 rings (SSSR count). The molecule has 1 atom stereocenters. The summed E-state index contributed by atoms with van der Waals surface area (Å²) in [4.78, 5) is 22.1. The number of carbonyl (C=O) groups excluding carboxylic acids is 2. The molecule has 0 unspecified atom stereocenters. The second kappa shape index (κ2) is 6.32. The third kappa shape index (κ3) is 6.23. The maximum Gasteiger partial charge on any atom is 0.405 e. The third-order valence-corrected chi connectivity index (χ3v) is 2.01. The third-order valence-electron chi connectivity index (χ3n) is 2.01. The molecule has 6 heteroatoms. The number of nitrogens with two attached hydrogens (primary N) is 1. The van der Waals surface area contributed by atoms with Gasteiger partial charge in [-0.25, -0.2) is 4.79 Å². The van der Waals surface area contributed by atoms with Crippen LogP contribution in [0.1, 0.15) is 27.2 Å². The van der Waals surface area contributed by atoms with Gasteiger partial charge in [0, 0.05) is 13.0 Å². The molecule has 0 radical (unpaired) electrons. The molecule has 0 saturated carbocycles. The first kappa shape index (κ1) is 14.7. The van der Waals surface area contributed by atoms with E-state index < -0.39 is 11.7 Å². The molecule has 6 nitrogen and oxygen atoms in total. The van der Waals surface area contributed by atoms with Crippen LogP contribution in [0.25, 0.3) is 0 Å². The number of methoxy groups -OCH3 is 1. The Morgan fingerprint density at radius 1 is 1.44 bits per heavy atom. The molecule has 0 bridgehead atoms. The Morgan fingerprint density at radius 2 is 2.00 bits per heavy atom. The van der Waals surface area contributed by atoms with Gasteiger partial charge in [0.2, 0.25) is 5.91 Å². The van der Waals surface area contributed by atoms with Crippen LogP contribution in [0.15, 0.2) is 0 Å². The van der Waals surface area contributed by atoms with E-state index in [0.29, 0.717) is 6.42 Å². The van der Waals surface area contributed by atoms with Crippen LogP contribution in [0.2, 0.25) is 0 Å². The molecular formula is C10H20N2O4. The number of primary amides is 1. The van der Waals surface area contributed by atoms with Crippen LogP contribution in [0.5, 0.6) is 0 Å². The molecule has 2 amide bonds. The standard InChI is InChI=1S/C10H20N2O4/c1-7(8(13)12-6-15-4)5-10(2,3)16-9(11)14/h7H,5-6H2,1-4H3,(H2,11,14)(H,12,13)/t7-/m1/s1. The monoisotopic (exact) mass is 232 g/mol. The van der Waals surface area contributed by atoms with E-state index in [4.69, 9.17) is 15.2 Å². The van der Waals surface area contributed by atoms with Crippen molar-refractivity contribution in [3.8, 4) is 0 Å². The van der Waals surface area contributed by atoms with Crippen LogP contribution in [0.4, 0.5) is 4.79 Å². The lowest BCUT2D eigenvalue weighted by Crippen LogP contribution is -2.38. The van der Waals surface area contributed by atoms with E-state index in [-0.39, 0.29) is 18.6 Å². The van der Waals surface area contributed by atoms with Crippen LogP contribution >= 0.6 is 0 Å². The van der Waals surface area contributed by atoms with E-state index in [0.717, 1.165) is 0 Å². The van der Waals surface area contributed by atoms with Crippen molar-refractivity contribution < 1.29 is 19.1 Å². The topological polar surface area (TPSA) is 90.7 Å². The van der Waals surface area contributed by atoms with Crippen LogP contribution < -0.4 is 11.1 Å². The molecule has 0 heterocycles. The molecule has 0 aromatic heterocycles. The molecule has 0 aliphatic rings. The number of carbonyl (C=O) groups is 2. The highest BCUT2D eigenvalue weighted by atomic mass is 16.6. The summed E-state index contributed by atoms with van der Waals surface area (Å²) in [6, 6.07) is 0. The molecular weight excluding hydrogens is 212 g/mol. The van der Waals surface area contributed by atoms with Gasteiger partial charge in [-0.3, -0.25) is 4.79 Å². The molecule has 0 aromatic carbocycles. The fourth-order valence-electron chi connectivity index (χ4n) is 1.46. The zero-order valence-corrected chi connectivity index (χ0v) is 10.2. The molecule has 0 aliphatic heterocycles. The Kier molecular flexibility index (Phi) is 5.81. The van der Waals surface area contributed by atoms with Crippen molar-refractivity contribution in [1.82, 2.24) is 5.32 Å². The first-order chi connectivity index (χ1) is 7.28. The van der Waals surface area contributed by atoms with Gasteiger partial charge in [0.05, 0.1) is 0 Å². The average molecular weight is 232 g/mol. The van der Waals surface area contributed by atoms with E-state index in [2.05, 4.69) is 5.32 Å². The number of amides is 2. The highest BCUT2D eigenvalue weighted by Gasteiger charge is 2.27. The number of rotatable bonds is 6. The molecule has 3 N–H and O–H groups in total. The summed E-state index contributed by atoms with van der Waals surface area (Å²) in [5, 5.41) is 2.58. The summed E-state index contributed by atoms with van der Waals surface area (Å²) in [6.45, 7) is 5.33. The van der Waals surface area contributed by atoms with Gasteiger partial charge in [-0.1, -0.05) is 6.92 Å².